The van der Waals surface area contributed by atoms with Gasteiger partial charge in [-0.05, 0) is 51.4 Å². The van der Waals surface area contributed by atoms with E-state index < -0.39 is 9.84 Å². The number of hydrogen-bond donors (Lipinski definition) is 1. The van der Waals surface area contributed by atoms with Crippen LogP contribution in [0.25, 0.3) is 0 Å². The fourth-order valence-electron chi connectivity index (χ4n) is 3.69. The number of sulfone groups is 1. The number of likely N-dealkylation sites (tertiary alicyclic amines) is 2. The van der Waals surface area contributed by atoms with Crippen molar-refractivity contribution in [2.75, 3.05) is 25.9 Å². The van der Waals surface area contributed by atoms with E-state index in [-0.39, 0.29) is 12.1 Å². The first-order chi connectivity index (χ1) is 11.4. The van der Waals surface area contributed by atoms with Gasteiger partial charge in [0.05, 0.1) is 6.54 Å². The van der Waals surface area contributed by atoms with Crippen molar-refractivity contribution in [3.8, 4) is 0 Å². The van der Waals surface area contributed by atoms with E-state index in [1.807, 2.05) is 4.90 Å². The van der Waals surface area contributed by atoms with E-state index in [2.05, 4.69) is 17.1 Å². The molecule has 8 heteroatoms. The maximum absolute atomic E-state index is 12.5. The Bertz CT molecular complexity index is 695. The van der Waals surface area contributed by atoms with Gasteiger partial charge in [-0.25, -0.2) is 13.2 Å². The van der Waals surface area contributed by atoms with Crippen LogP contribution in [0.3, 0.4) is 0 Å². The van der Waals surface area contributed by atoms with E-state index in [1.54, 1.807) is 12.1 Å². The molecule has 24 heavy (non-hydrogen) atoms. The minimum atomic E-state index is -3.17. The van der Waals surface area contributed by atoms with Crippen LogP contribution in [0.15, 0.2) is 16.3 Å². The molecule has 0 bridgehead atoms. The molecule has 0 spiro atoms. The Balaban J connectivity index is 1.54. The first-order valence-electron chi connectivity index (χ1n) is 8.43. The highest BCUT2D eigenvalue weighted by atomic mass is 32.2. The van der Waals surface area contributed by atoms with Gasteiger partial charge in [0, 0.05) is 29.8 Å². The van der Waals surface area contributed by atoms with Crippen molar-refractivity contribution in [3.05, 3.63) is 17.0 Å². The Hall–Kier alpha value is -1.12. The molecule has 1 aromatic heterocycles. The Labute approximate surface area is 147 Å². The van der Waals surface area contributed by atoms with Gasteiger partial charge in [-0.1, -0.05) is 0 Å². The van der Waals surface area contributed by atoms with Gasteiger partial charge < -0.3 is 10.2 Å². The first kappa shape index (κ1) is 17.7. The van der Waals surface area contributed by atoms with E-state index in [0.717, 1.165) is 30.9 Å². The molecule has 1 N–H and O–H groups in total. The molecule has 1 aromatic rings. The number of thiophene rings is 1. The van der Waals surface area contributed by atoms with E-state index in [9.17, 15) is 13.2 Å². The van der Waals surface area contributed by atoms with Gasteiger partial charge in [-0.3, -0.25) is 4.90 Å². The fraction of sp³-hybridized carbons (Fsp3) is 0.688. The summed E-state index contributed by atoms with van der Waals surface area (Å²) >= 11 is 1.22. The molecule has 2 unspecified atom stereocenters. The number of carbonyl (C=O) groups excluding carboxylic acids is 1. The molecule has 0 aliphatic carbocycles. The van der Waals surface area contributed by atoms with Gasteiger partial charge in [0.15, 0.2) is 9.84 Å². The smallest absolute Gasteiger partial charge is 0.317 e. The molecule has 2 atom stereocenters. The molecule has 3 heterocycles. The van der Waals surface area contributed by atoms with E-state index in [0.29, 0.717) is 16.8 Å². The molecule has 2 saturated heterocycles. The van der Waals surface area contributed by atoms with E-state index in [1.165, 1.54) is 30.4 Å². The zero-order valence-electron chi connectivity index (χ0n) is 14.2. The van der Waals surface area contributed by atoms with Crippen molar-refractivity contribution in [3.63, 3.8) is 0 Å². The highest BCUT2D eigenvalue weighted by molar-refractivity contribution is 7.92. The maximum Gasteiger partial charge on any atom is 0.317 e. The van der Waals surface area contributed by atoms with Crippen molar-refractivity contribution in [1.29, 1.82) is 0 Å². The second-order valence-corrected chi connectivity index (χ2v) is 10.1. The fourth-order valence-corrected chi connectivity index (χ4v) is 5.60. The molecular weight excluding hydrogens is 346 g/mol. The third-order valence-electron chi connectivity index (χ3n) is 5.00. The number of urea groups is 1. The predicted molar refractivity (Wildman–Crippen MR) is 95.0 cm³/mol. The standard InChI is InChI=1S/C16H25N3O3S2/c1-12-14(18-8-3-4-9-18)7-10-19(12)16(20)17-11-13-5-6-15(23-13)24(2,21)22/h5-6,12,14H,3-4,7-11H2,1-2H3,(H,17,20). The van der Waals surface area contributed by atoms with Crippen LogP contribution in [-0.4, -0.2) is 62.2 Å². The molecule has 2 fully saturated rings. The summed E-state index contributed by atoms with van der Waals surface area (Å²) in [6.45, 7) is 5.58. The molecule has 134 valence electrons. The molecule has 3 rings (SSSR count). The minimum absolute atomic E-state index is 0.0569. The largest absolute Gasteiger partial charge is 0.333 e. The normalized spacial score (nSPS) is 25.3. The number of nitrogens with one attached hydrogen (secondary N) is 1. The highest BCUT2D eigenvalue weighted by Crippen LogP contribution is 2.26. The molecule has 0 aromatic carbocycles. The zero-order valence-corrected chi connectivity index (χ0v) is 15.8. The van der Waals surface area contributed by atoms with Gasteiger partial charge in [0.2, 0.25) is 0 Å². The van der Waals surface area contributed by atoms with Gasteiger partial charge in [0.1, 0.15) is 4.21 Å². The number of nitrogens with zero attached hydrogens (tertiary/aromatic N) is 2. The molecule has 6 nitrogen and oxygen atoms in total. The van der Waals surface area contributed by atoms with Crippen LogP contribution < -0.4 is 5.32 Å². The van der Waals surface area contributed by atoms with Gasteiger partial charge in [0.25, 0.3) is 0 Å². The van der Waals surface area contributed by atoms with Gasteiger partial charge in [-0.15, -0.1) is 11.3 Å². The average molecular weight is 372 g/mol. The lowest BCUT2D eigenvalue weighted by molar-refractivity contribution is 0.168. The predicted octanol–water partition coefficient (Wildman–Crippen LogP) is 1.92. The topological polar surface area (TPSA) is 69.7 Å². The van der Waals surface area contributed by atoms with Gasteiger partial charge in [-0.2, -0.15) is 0 Å². The number of carbonyl (C=O) groups is 1. The first-order valence-corrected chi connectivity index (χ1v) is 11.1. The van der Waals surface area contributed by atoms with Crippen LogP contribution in [0.2, 0.25) is 0 Å². The maximum atomic E-state index is 12.5. The highest BCUT2D eigenvalue weighted by Gasteiger charge is 2.37. The van der Waals surface area contributed by atoms with Crippen LogP contribution in [0, 0.1) is 0 Å². The summed E-state index contributed by atoms with van der Waals surface area (Å²) in [4.78, 5) is 17.7. The van der Waals surface area contributed by atoms with Crippen molar-refractivity contribution < 1.29 is 13.2 Å². The van der Waals surface area contributed by atoms with E-state index in [4.69, 9.17) is 0 Å². The van der Waals surface area contributed by atoms with Crippen LogP contribution in [0.5, 0.6) is 0 Å². The summed E-state index contributed by atoms with van der Waals surface area (Å²) in [5.74, 6) is 0. The van der Waals surface area contributed by atoms with Crippen LogP contribution >= 0.6 is 11.3 Å². The third-order valence-corrected chi connectivity index (χ3v) is 7.91. The quantitative estimate of drug-likeness (QED) is 0.878. The summed E-state index contributed by atoms with van der Waals surface area (Å²) in [5, 5.41) is 2.93. The van der Waals surface area contributed by atoms with Crippen molar-refractivity contribution in [2.24, 2.45) is 0 Å². The number of rotatable bonds is 4. The Morgan fingerprint density at radius 1 is 1.29 bits per heavy atom. The van der Waals surface area contributed by atoms with Crippen LogP contribution in [0.4, 0.5) is 4.79 Å². The second-order valence-electron chi connectivity index (χ2n) is 6.68. The minimum Gasteiger partial charge on any atom is -0.333 e. The summed E-state index contributed by atoms with van der Waals surface area (Å²) < 4.78 is 23.4. The van der Waals surface area contributed by atoms with Crippen molar-refractivity contribution in [1.82, 2.24) is 15.1 Å². The van der Waals surface area contributed by atoms with Gasteiger partial charge >= 0.3 is 6.03 Å². The number of amides is 2. The van der Waals surface area contributed by atoms with Crippen LogP contribution in [0.1, 0.15) is 31.1 Å². The van der Waals surface area contributed by atoms with Crippen molar-refractivity contribution in [2.45, 2.75) is 49.0 Å². The third kappa shape index (κ3) is 3.75. The van der Waals surface area contributed by atoms with Crippen molar-refractivity contribution >= 4 is 27.2 Å². The Morgan fingerprint density at radius 3 is 2.62 bits per heavy atom. The molecule has 0 radical (unpaired) electrons. The summed E-state index contributed by atoms with van der Waals surface area (Å²) in [6, 6.07) is 4.00. The monoisotopic (exact) mass is 371 g/mol. The summed E-state index contributed by atoms with van der Waals surface area (Å²) in [6.07, 6.45) is 4.75. The SMILES string of the molecule is CC1C(N2CCCC2)CCN1C(=O)NCc1ccc(S(C)(=O)=O)s1. The zero-order chi connectivity index (χ0) is 17.3. The average Bonchev–Trinajstić information content (AvgIpc) is 3.24. The lowest BCUT2D eigenvalue weighted by atomic mass is 10.1. The Kier molecular flexibility index (Phi) is 5.17. The molecule has 2 amide bonds. The molecule has 2 aliphatic heterocycles. The summed E-state index contributed by atoms with van der Waals surface area (Å²) in [5.41, 5.74) is 0. The Morgan fingerprint density at radius 2 is 2.00 bits per heavy atom. The number of hydrogen-bond acceptors (Lipinski definition) is 5. The lowest BCUT2D eigenvalue weighted by Crippen LogP contribution is -2.47. The molecule has 0 saturated carbocycles. The van der Waals surface area contributed by atoms with E-state index >= 15 is 0 Å². The second kappa shape index (κ2) is 7.01. The summed E-state index contributed by atoms with van der Waals surface area (Å²) in [7, 11) is -3.17. The van der Waals surface area contributed by atoms with Crippen LogP contribution in [-0.2, 0) is 16.4 Å². The molecule has 2 aliphatic rings. The molecular formula is C16H25N3O3S2. The lowest BCUT2D eigenvalue weighted by Gasteiger charge is -2.30.